The molecule has 4 heteroatoms. The lowest BCUT2D eigenvalue weighted by atomic mass is 9.98. The molecule has 1 aromatic heterocycles. The molecule has 1 aromatic rings. The number of H-pyrrole nitrogens is 1. The van der Waals surface area contributed by atoms with Crippen molar-refractivity contribution in [1.29, 1.82) is 0 Å². The number of aromatic nitrogens is 1. The van der Waals surface area contributed by atoms with E-state index in [9.17, 15) is 10.1 Å². The average Bonchev–Trinajstić information content (AvgIpc) is 2.57. The second-order valence-corrected chi connectivity index (χ2v) is 3.81. The second-order valence-electron chi connectivity index (χ2n) is 3.81. The zero-order valence-electron chi connectivity index (χ0n) is 8.08. The van der Waals surface area contributed by atoms with Crippen LogP contribution in [0, 0.1) is 10.1 Å². The SMILES string of the molecule is O=[N+]([O-])CCc1cc2c([nH]1)CCCC2. The lowest BCUT2D eigenvalue weighted by Gasteiger charge is -2.09. The van der Waals surface area contributed by atoms with Crippen LogP contribution in [-0.4, -0.2) is 16.5 Å². The molecule has 0 spiro atoms. The Kier molecular flexibility index (Phi) is 2.52. The van der Waals surface area contributed by atoms with Gasteiger partial charge < -0.3 is 4.98 Å². The van der Waals surface area contributed by atoms with E-state index in [1.807, 2.05) is 0 Å². The molecule has 14 heavy (non-hydrogen) atoms. The van der Waals surface area contributed by atoms with Gasteiger partial charge in [-0.05, 0) is 37.3 Å². The Morgan fingerprint density at radius 1 is 1.43 bits per heavy atom. The van der Waals surface area contributed by atoms with Crippen molar-refractivity contribution < 1.29 is 4.92 Å². The number of fused-ring (bicyclic) bond motifs is 1. The number of aryl methyl sites for hydroxylation is 2. The molecule has 1 aliphatic rings. The minimum atomic E-state index is -0.264. The molecule has 1 N–H and O–H groups in total. The van der Waals surface area contributed by atoms with E-state index < -0.39 is 0 Å². The predicted molar refractivity (Wildman–Crippen MR) is 53.0 cm³/mol. The van der Waals surface area contributed by atoms with Crippen molar-refractivity contribution in [3.8, 4) is 0 Å². The van der Waals surface area contributed by atoms with Crippen LogP contribution in [0.25, 0.3) is 0 Å². The topological polar surface area (TPSA) is 58.9 Å². The van der Waals surface area contributed by atoms with Crippen LogP contribution < -0.4 is 0 Å². The number of hydrogen-bond donors (Lipinski definition) is 1. The molecule has 0 fully saturated rings. The maximum absolute atomic E-state index is 10.2. The van der Waals surface area contributed by atoms with E-state index in [0.29, 0.717) is 6.42 Å². The van der Waals surface area contributed by atoms with Crippen LogP contribution in [0.5, 0.6) is 0 Å². The van der Waals surface area contributed by atoms with Crippen molar-refractivity contribution in [3.63, 3.8) is 0 Å². The summed E-state index contributed by atoms with van der Waals surface area (Å²) in [4.78, 5) is 13.2. The molecular weight excluding hydrogens is 180 g/mol. The average molecular weight is 194 g/mol. The summed E-state index contributed by atoms with van der Waals surface area (Å²) in [5.41, 5.74) is 3.69. The number of nitrogens with one attached hydrogen (secondary N) is 1. The van der Waals surface area contributed by atoms with Crippen LogP contribution in [0.15, 0.2) is 6.07 Å². The minimum Gasteiger partial charge on any atom is -0.362 e. The number of hydrogen-bond acceptors (Lipinski definition) is 2. The van der Waals surface area contributed by atoms with Gasteiger partial charge in [0.25, 0.3) is 0 Å². The number of nitro groups is 1. The van der Waals surface area contributed by atoms with Crippen molar-refractivity contribution in [2.24, 2.45) is 0 Å². The molecule has 0 radical (unpaired) electrons. The number of aromatic amines is 1. The minimum absolute atomic E-state index is 0.0272. The van der Waals surface area contributed by atoms with Crippen molar-refractivity contribution in [3.05, 3.63) is 33.1 Å². The molecule has 0 unspecified atom stereocenters. The van der Waals surface area contributed by atoms with Gasteiger partial charge in [0.05, 0.1) is 6.42 Å². The Morgan fingerprint density at radius 3 is 2.93 bits per heavy atom. The van der Waals surface area contributed by atoms with Gasteiger partial charge in [-0.2, -0.15) is 0 Å². The first-order valence-electron chi connectivity index (χ1n) is 5.07. The molecule has 2 rings (SSSR count). The van der Waals surface area contributed by atoms with Gasteiger partial charge in [-0.15, -0.1) is 0 Å². The van der Waals surface area contributed by atoms with Gasteiger partial charge in [-0.25, -0.2) is 0 Å². The van der Waals surface area contributed by atoms with Gasteiger partial charge >= 0.3 is 0 Å². The Bertz CT molecular complexity index is 320. The quantitative estimate of drug-likeness (QED) is 0.588. The molecule has 1 heterocycles. The number of nitrogens with zero attached hydrogens (tertiary/aromatic N) is 1. The highest BCUT2D eigenvalue weighted by Crippen LogP contribution is 2.21. The van der Waals surface area contributed by atoms with Gasteiger partial charge in [0.15, 0.2) is 0 Å². The summed E-state index contributed by atoms with van der Waals surface area (Å²) in [6.45, 7) is 0.0272. The Labute approximate surface area is 82.5 Å². The highest BCUT2D eigenvalue weighted by Gasteiger charge is 2.13. The van der Waals surface area contributed by atoms with Crippen LogP contribution in [0.2, 0.25) is 0 Å². The summed E-state index contributed by atoms with van der Waals surface area (Å²) in [7, 11) is 0. The molecule has 0 saturated heterocycles. The predicted octanol–water partition coefficient (Wildman–Crippen LogP) is 1.71. The van der Waals surface area contributed by atoms with E-state index in [2.05, 4.69) is 11.1 Å². The fraction of sp³-hybridized carbons (Fsp3) is 0.600. The van der Waals surface area contributed by atoms with Gasteiger partial charge in [0, 0.05) is 16.3 Å². The monoisotopic (exact) mass is 194 g/mol. The van der Waals surface area contributed by atoms with Crippen LogP contribution in [0.1, 0.15) is 29.8 Å². The number of rotatable bonds is 3. The highest BCUT2D eigenvalue weighted by atomic mass is 16.6. The highest BCUT2D eigenvalue weighted by molar-refractivity contribution is 5.28. The fourth-order valence-corrected chi connectivity index (χ4v) is 2.02. The van der Waals surface area contributed by atoms with Crippen LogP contribution in [0.3, 0.4) is 0 Å². The first-order valence-corrected chi connectivity index (χ1v) is 5.07. The molecule has 76 valence electrons. The molecule has 4 nitrogen and oxygen atoms in total. The summed E-state index contributed by atoms with van der Waals surface area (Å²) < 4.78 is 0. The maximum atomic E-state index is 10.2. The van der Waals surface area contributed by atoms with E-state index in [-0.39, 0.29) is 11.5 Å². The largest absolute Gasteiger partial charge is 0.362 e. The maximum Gasteiger partial charge on any atom is 0.209 e. The zero-order valence-corrected chi connectivity index (χ0v) is 8.08. The van der Waals surface area contributed by atoms with Crippen LogP contribution in [0.4, 0.5) is 0 Å². The Balaban J connectivity index is 2.04. The standard InChI is InChI=1S/C10H14N2O2/c13-12(14)6-5-9-7-8-3-1-2-4-10(8)11-9/h7,11H,1-6H2. The molecule has 0 bridgehead atoms. The van der Waals surface area contributed by atoms with E-state index >= 15 is 0 Å². The van der Waals surface area contributed by atoms with E-state index in [4.69, 9.17) is 0 Å². The zero-order chi connectivity index (χ0) is 9.97. The van der Waals surface area contributed by atoms with E-state index in [1.54, 1.807) is 0 Å². The lowest BCUT2D eigenvalue weighted by Crippen LogP contribution is -2.04. The third kappa shape index (κ3) is 1.95. The normalized spacial score (nSPS) is 15.1. The summed E-state index contributed by atoms with van der Waals surface area (Å²) in [6.07, 6.45) is 5.25. The van der Waals surface area contributed by atoms with Crippen LogP contribution >= 0.6 is 0 Å². The molecule has 0 aliphatic heterocycles. The molecule has 0 saturated carbocycles. The van der Waals surface area contributed by atoms with Gasteiger partial charge in [-0.3, -0.25) is 10.1 Å². The Hall–Kier alpha value is -1.32. The molecule has 0 amide bonds. The van der Waals surface area contributed by atoms with Crippen molar-refractivity contribution >= 4 is 0 Å². The molecule has 0 aromatic carbocycles. The van der Waals surface area contributed by atoms with Crippen molar-refractivity contribution in [1.82, 2.24) is 4.98 Å². The van der Waals surface area contributed by atoms with E-state index in [1.165, 1.54) is 24.1 Å². The van der Waals surface area contributed by atoms with Crippen LogP contribution in [-0.2, 0) is 19.3 Å². The van der Waals surface area contributed by atoms with Gasteiger partial charge in [-0.1, -0.05) is 0 Å². The summed E-state index contributed by atoms with van der Waals surface area (Å²) in [6, 6.07) is 2.10. The third-order valence-corrected chi connectivity index (χ3v) is 2.73. The second kappa shape index (κ2) is 3.82. The first kappa shape index (κ1) is 9.24. The van der Waals surface area contributed by atoms with Gasteiger partial charge in [0.2, 0.25) is 6.54 Å². The summed E-state index contributed by atoms with van der Waals surface area (Å²) >= 11 is 0. The Morgan fingerprint density at radius 2 is 2.21 bits per heavy atom. The van der Waals surface area contributed by atoms with Crippen molar-refractivity contribution in [2.75, 3.05) is 6.54 Å². The molecule has 1 aliphatic carbocycles. The fourth-order valence-electron chi connectivity index (χ4n) is 2.02. The summed E-state index contributed by atoms with van der Waals surface area (Å²) in [5, 5.41) is 10.2. The first-order chi connectivity index (χ1) is 6.75. The third-order valence-electron chi connectivity index (χ3n) is 2.73. The molecule has 0 atom stereocenters. The van der Waals surface area contributed by atoms with Gasteiger partial charge in [0.1, 0.15) is 0 Å². The van der Waals surface area contributed by atoms with Crippen molar-refractivity contribution in [2.45, 2.75) is 32.1 Å². The summed E-state index contributed by atoms with van der Waals surface area (Å²) in [5.74, 6) is 0. The lowest BCUT2D eigenvalue weighted by molar-refractivity contribution is -0.479. The molecular formula is C10H14N2O2. The smallest absolute Gasteiger partial charge is 0.209 e. The van der Waals surface area contributed by atoms with E-state index in [0.717, 1.165) is 18.5 Å².